The molecule has 0 aliphatic heterocycles. The molecular weight excluding hydrogens is 489 g/mol. The summed E-state index contributed by atoms with van der Waals surface area (Å²) < 4.78 is 11.0. The smallest absolute Gasteiger partial charge is 0.193 e. The van der Waals surface area contributed by atoms with Crippen molar-refractivity contribution >= 4 is 35.6 Å². The Balaban J connectivity index is 0.00000320. The molecule has 3 aromatic rings. The number of benzene rings is 3. The highest BCUT2D eigenvalue weighted by atomic mass is 127. The molecule has 0 saturated carbocycles. The first kappa shape index (κ1) is 23.7. The molecule has 0 bridgehead atoms. The average Bonchev–Trinajstić information content (AvgIpc) is 2.75. The number of aliphatic imine (C=N–C) groups is 1. The summed E-state index contributed by atoms with van der Waals surface area (Å²) in [7, 11) is 1.67. The van der Waals surface area contributed by atoms with Gasteiger partial charge in [-0.25, -0.2) is 0 Å². The van der Waals surface area contributed by atoms with Crippen LogP contribution in [0.2, 0.25) is 0 Å². The van der Waals surface area contributed by atoms with Gasteiger partial charge < -0.3 is 20.5 Å². The maximum Gasteiger partial charge on any atom is 0.193 e. The molecule has 0 amide bonds. The summed E-state index contributed by atoms with van der Waals surface area (Å²) in [6.45, 7) is 1.70. The van der Waals surface area contributed by atoms with E-state index < -0.39 is 0 Å². The van der Waals surface area contributed by atoms with Crippen LogP contribution in [0.3, 0.4) is 0 Å². The van der Waals surface area contributed by atoms with E-state index >= 15 is 0 Å². The van der Waals surface area contributed by atoms with Gasteiger partial charge in [0.1, 0.15) is 12.4 Å². The van der Waals surface area contributed by atoms with Gasteiger partial charge in [0.25, 0.3) is 0 Å². The maximum absolute atomic E-state index is 6.03. The zero-order valence-electron chi connectivity index (χ0n) is 17.1. The van der Waals surface area contributed by atoms with Crippen LogP contribution < -0.4 is 15.8 Å². The molecule has 3 N–H and O–H groups in total. The van der Waals surface area contributed by atoms with Crippen LogP contribution in [0.4, 0.5) is 5.69 Å². The molecule has 3 aromatic carbocycles. The van der Waals surface area contributed by atoms with Gasteiger partial charge in [0.15, 0.2) is 5.96 Å². The monoisotopic (exact) mass is 517 g/mol. The van der Waals surface area contributed by atoms with Gasteiger partial charge in [-0.1, -0.05) is 60.7 Å². The van der Waals surface area contributed by atoms with Gasteiger partial charge in [-0.3, -0.25) is 4.99 Å². The van der Waals surface area contributed by atoms with Crippen LogP contribution >= 0.6 is 24.0 Å². The Labute approximate surface area is 195 Å². The molecular formula is C24H28IN3O2. The normalized spacial score (nSPS) is 10.9. The highest BCUT2D eigenvalue weighted by Crippen LogP contribution is 2.16. The van der Waals surface area contributed by atoms with Crippen molar-refractivity contribution < 1.29 is 9.47 Å². The summed E-state index contributed by atoms with van der Waals surface area (Å²) in [5, 5.41) is 3.15. The molecule has 0 fully saturated rings. The first-order valence-electron chi connectivity index (χ1n) is 9.64. The summed E-state index contributed by atoms with van der Waals surface area (Å²) in [5.74, 6) is 1.26. The molecule has 0 aliphatic rings. The number of nitrogens with zero attached hydrogens (tertiary/aromatic N) is 1. The number of guanidine groups is 1. The predicted octanol–water partition coefficient (Wildman–Crippen LogP) is 5.00. The standard InChI is InChI=1S/C24H27N3O2.HI/c1-28-18-21-9-5-6-10-23(21)27-24(25)26-16-15-19-11-13-22(14-12-19)29-17-20-7-3-2-4-8-20;/h2-14H,15-18H2,1H3,(H3,25,26,27);1H. The lowest BCUT2D eigenvalue weighted by molar-refractivity contribution is 0.185. The van der Waals surface area contributed by atoms with Gasteiger partial charge in [-0.2, -0.15) is 0 Å². The van der Waals surface area contributed by atoms with Gasteiger partial charge >= 0.3 is 0 Å². The zero-order valence-corrected chi connectivity index (χ0v) is 19.4. The van der Waals surface area contributed by atoms with Gasteiger partial charge in [-0.15, -0.1) is 24.0 Å². The molecule has 0 saturated heterocycles. The van der Waals surface area contributed by atoms with Gasteiger partial charge in [0.2, 0.25) is 0 Å². The molecule has 0 radical (unpaired) electrons. The van der Waals surface area contributed by atoms with E-state index in [1.165, 1.54) is 5.56 Å². The predicted molar refractivity (Wildman–Crippen MR) is 134 cm³/mol. The quantitative estimate of drug-likeness (QED) is 0.238. The molecule has 0 heterocycles. The third-order valence-electron chi connectivity index (χ3n) is 4.43. The van der Waals surface area contributed by atoms with E-state index in [4.69, 9.17) is 15.2 Å². The van der Waals surface area contributed by atoms with E-state index in [9.17, 15) is 0 Å². The minimum atomic E-state index is 0. The highest BCUT2D eigenvalue weighted by Gasteiger charge is 2.02. The minimum absolute atomic E-state index is 0. The number of hydrogen-bond acceptors (Lipinski definition) is 3. The number of para-hydroxylation sites is 1. The Kier molecular flexibility index (Phi) is 10.2. The minimum Gasteiger partial charge on any atom is -0.489 e. The second-order valence-corrected chi connectivity index (χ2v) is 6.65. The average molecular weight is 517 g/mol. The summed E-state index contributed by atoms with van der Waals surface area (Å²) in [5.41, 5.74) is 10.3. The van der Waals surface area contributed by atoms with E-state index in [0.717, 1.165) is 29.0 Å². The van der Waals surface area contributed by atoms with Crippen molar-refractivity contribution in [2.75, 3.05) is 19.0 Å². The lowest BCUT2D eigenvalue weighted by Crippen LogP contribution is -2.23. The molecule has 5 nitrogen and oxygen atoms in total. The van der Waals surface area contributed by atoms with Crippen molar-refractivity contribution in [1.82, 2.24) is 0 Å². The fraction of sp³-hybridized carbons (Fsp3) is 0.208. The molecule has 6 heteroatoms. The molecule has 0 aromatic heterocycles. The maximum atomic E-state index is 6.03. The molecule has 158 valence electrons. The molecule has 0 aliphatic carbocycles. The van der Waals surface area contributed by atoms with Gasteiger partial charge in [0.05, 0.1) is 6.61 Å². The molecule has 3 rings (SSSR count). The van der Waals surface area contributed by atoms with E-state index in [2.05, 4.69) is 34.6 Å². The van der Waals surface area contributed by atoms with Crippen LogP contribution in [0, 0.1) is 0 Å². The van der Waals surface area contributed by atoms with Crippen LogP contribution in [0.1, 0.15) is 16.7 Å². The Bertz CT molecular complexity index is 915. The zero-order chi connectivity index (χ0) is 20.3. The Morgan fingerprint density at radius 2 is 1.57 bits per heavy atom. The second-order valence-electron chi connectivity index (χ2n) is 6.65. The van der Waals surface area contributed by atoms with Crippen molar-refractivity contribution in [3.63, 3.8) is 0 Å². The van der Waals surface area contributed by atoms with E-state index in [0.29, 0.717) is 25.7 Å². The number of nitrogens with two attached hydrogens (primary N) is 1. The van der Waals surface area contributed by atoms with Crippen LogP contribution in [-0.4, -0.2) is 19.6 Å². The third kappa shape index (κ3) is 7.68. The van der Waals surface area contributed by atoms with Crippen LogP contribution in [0.15, 0.2) is 83.9 Å². The Morgan fingerprint density at radius 1 is 0.867 bits per heavy atom. The lowest BCUT2D eigenvalue weighted by Gasteiger charge is -2.11. The molecule has 0 unspecified atom stereocenters. The van der Waals surface area contributed by atoms with Gasteiger partial charge in [-0.05, 0) is 35.7 Å². The Morgan fingerprint density at radius 3 is 2.30 bits per heavy atom. The largest absolute Gasteiger partial charge is 0.489 e. The van der Waals surface area contributed by atoms with Crippen LogP contribution in [0.5, 0.6) is 5.75 Å². The van der Waals surface area contributed by atoms with Crippen molar-refractivity contribution in [1.29, 1.82) is 0 Å². The van der Waals surface area contributed by atoms with Crippen molar-refractivity contribution in [2.24, 2.45) is 10.7 Å². The fourth-order valence-corrected chi connectivity index (χ4v) is 2.90. The van der Waals surface area contributed by atoms with Crippen LogP contribution in [-0.2, 0) is 24.4 Å². The summed E-state index contributed by atoms with van der Waals surface area (Å²) >= 11 is 0. The van der Waals surface area contributed by atoms with Crippen molar-refractivity contribution in [3.8, 4) is 5.75 Å². The summed E-state index contributed by atoms with van der Waals surface area (Å²) in [4.78, 5) is 4.43. The second kappa shape index (κ2) is 12.9. The number of rotatable bonds is 9. The first-order chi connectivity index (χ1) is 14.2. The SMILES string of the molecule is COCc1ccccc1NC(N)=NCCc1ccc(OCc2ccccc2)cc1.I. The van der Waals surface area contributed by atoms with Crippen molar-refractivity contribution in [3.05, 3.63) is 95.6 Å². The van der Waals surface area contributed by atoms with Crippen molar-refractivity contribution in [2.45, 2.75) is 19.6 Å². The summed E-state index contributed by atoms with van der Waals surface area (Å²) in [6, 6.07) is 26.1. The topological polar surface area (TPSA) is 68.9 Å². The lowest BCUT2D eigenvalue weighted by atomic mass is 10.1. The third-order valence-corrected chi connectivity index (χ3v) is 4.43. The Hall–Kier alpha value is -2.58. The number of methoxy groups -OCH3 is 1. The van der Waals surface area contributed by atoms with Crippen LogP contribution in [0.25, 0.3) is 0 Å². The van der Waals surface area contributed by atoms with E-state index in [1.807, 2.05) is 54.6 Å². The van der Waals surface area contributed by atoms with Gasteiger partial charge in [0, 0.05) is 24.9 Å². The fourth-order valence-electron chi connectivity index (χ4n) is 2.90. The number of halogens is 1. The number of hydrogen-bond donors (Lipinski definition) is 2. The molecule has 0 atom stereocenters. The highest BCUT2D eigenvalue weighted by molar-refractivity contribution is 14.0. The number of ether oxygens (including phenoxy) is 2. The van der Waals surface area contributed by atoms with E-state index in [-0.39, 0.29) is 24.0 Å². The molecule has 30 heavy (non-hydrogen) atoms. The summed E-state index contributed by atoms with van der Waals surface area (Å²) in [6.07, 6.45) is 0.807. The first-order valence-corrected chi connectivity index (χ1v) is 9.64. The molecule has 0 spiro atoms. The number of nitrogens with one attached hydrogen (secondary N) is 1. The van der Waals surface area contributed by atoms with E-state index in [1.54, 1.807) is 7.11 Å². The number of anilines is 1.